The second kappa shape index (κ2) is 13.6. The number of hydrogen-bond donors (Lipinski definition) is 2. The fourth-order valence-electron chi connectivity index (χ4n) is 4.05. The minimum Gasteiger partial charge on any atom is -0.494 e. The number of amides is 1. The van der Waals surface area contributed by atoms with E-state index in [1.807, 2.05) is 37.3 Å². The van der Waals surface area contributed by atoms with Crippen LogP contribution in [-0.4, -0.2) is 40.0 Å². The third-order valence-corrected chi connectivity index (χ3v) is 5.97. The molecule has 2 aromatic carbocycles. The van der Waals surface area contributed by atoms with Crippen LogP contribution in [0.15, 0.2) is 60.8 Å². The summed E-state index contributed by atoms with van der Waals surface area (Å²) in [4.78, 5) is 27.7. The van der Waals surface area contributed by atoms with Gasteiger partial charge in [-0.1, -0.05) is 18.2 Å². The first-order valence-corrected chi connectivity index (χ1v) is 12.6. The van der Waals surface area contributed by atoms with Crippen molar-refractivity contribution < 1.29 is 32.6 Å². The molecular weight excluding hydrogens is 511 g/mol. The molecule has 0 saturated heterocycles. The average Bonchev–Trinajstić information content (AvgIpc) is 3.01. The Kier molecular flexibility index (Phi) is 10.3. The number of nitrogens with zero attached hydrogens (tertiary/aromatic N) is 2. The Morgan fingerprint density at radius 1 is 1.08 bits per heavy atom. The number of carboxylic acids is 1. The highest BCUT2D eigenvalue weighted by Gasteiger charge is 2.30. The van der Waals surface area contributed by atoms with Gasteiger partial charge < -0.3 is 20.1 Å². The van der Waals surface area contributed by atoms with Crippen LogP contribution in [0.2, 0.25) is 0 Å². The molecule has 1 aromatic heterocycles. The first kappa shape index (κ1) is 29.5. The monoisotopic (exact) mass is 543 g/mol. The Labute approximate surface area is 225 Å². The Morgan fingerprint density at radius 3 is 2.46 bits per heavy atom. The second-order valence-corrected chi connectivity index (χ2v) is 9.24. The number of aryl methyl sites for hydroxylation is 2. The molecule has 2 N–H and O–H groups in total. The normalized spacial score (nSPS) is 13.1. The van der Waals surface area contributed by atoms with Crippen LogP contribution in [0.1, 0.15) is 47.6 Å². The number of hydrogen-bond acceptors (Lipinski definition) is 5. The summed E-state index contributed by atoms with van der Waals surface area (Å²) in [5.41, 5.74) is 3.21. The van der Waals surface area contributed by atoms with E-state index >= 15 is 0 Å². The summed E-state index contributed by atoms with van der Waals surface area (Å²) in [5, 5.41) is 10.7. The number of rotatable bonds is 8. The van der Waals surface area contributed by atoms with E-state index in [2.05, 4.69) is 10.3 Å². The molecule has 0 spiro atoms. The molecule has 0 saturated carbocycles. The lowest BCUT2D eigenvalue weighted by molar-refractivity contribution is -0.138. The Morgan fingerprint density at radius 2 is 1.79 bits per heavy atom. The van der Waals surface area contributed by atoms with Gasteiger partial charge in [0.15, 0.2) is 0 Å². The Hall–Kier alpha value is -4.08. The number of benzene rings is 2. The number of halogens is 3. The number of carbonyl (C=O) groups excluding carboxylic acids is 1. The van der Waals surface area contributed by atoms with Crippen molar-refractivity contribution in [2.45, 2.75) is 52.4 Å². The molecule has 10 heteroatoms. The van der Waals surface area contributed by atoms with Crippen LogP contribution in [0, 0.1) is 6.92 Å². The lowest BCUT2D eigenvalue weighted by atomic mass is 10.0. The number of carboxylic acid groups (broad SMARTS) is 1. The molecule has 0 atom stereocenters. The fourth-order valence-corrected chi connectivity index (χ4v) is 4.05. The molecule has 0 fully saturated rings. The number of nitrogens with one attached hydrogen (secondary N) is 1. The molecule has 208 valence electrons. The van der Waals surface area contributed by atoms with Gasteiger partial charge in [-0.25, -0.2) is 4.98 Å². The topological polar surface area (TPSA) is 91.8 Å². The molecule has 1 amide bonds. The van der Waals surface area contributed by atoms with Crippen LogP contribution in [0.25, 0.3) is 0 Å². The van der Waals surface area contributed by atoms with Gasteiger partial charge in [-0.05, 0) is 78.4 Å². The van der Waals surface area contributed by atoms with Crippen LogP contribution in [0.4, 0.5) is 19.0 Å². The summed E-state index contributed by atoms with van der Waals surface area (Å²) >= 11 is 0. The van der Waals surface area contributed by atoms with Crippen molar-refractivity contribution >= 4 is 17.7 Å². The van der Waals surface area contributed by atoms with Gasteiger partial charge in [-0.15, -0.1) is 0 Å². The van der Waals surface area contributed by atoms with Gasteiger partial charge in [0.1, 0.15) is 11.6 Å². The molecule has 39 heavy (non-hydrogen) atoms. The van der Waals surface area contributed by atoms with E-state index in [-0.39, 0.29) is 12.5 Å². The third kappa shape index (κ3) is 9.63. The summed E-state index contributed by atoms with van der Waals surface area (Å²) in [6, 6.07) is 14.8. The van der Waals surface area contributed by atoms with E-state index in [4.69, 9.17) is 14.6 Å². The van der Waals surface area contributed by atoms with E-state index in [0.717, 1.165) is 60.3 Å². The summed E-state index contributed by atoms with van der Waals surface area (Å²) in [7, 11) is 0. The molecule has 7 nitrogen and oxygen atoms in total. The van der Waals surface area contributed by atoms with Gasteiger partial charge in [0, 0.05) is 39.2 Å². The van der Waals surface area contributed by atoms with Gasteiger partial charge in [-0.3, -0.25) is 9.59 Å². The largest absolute Gasteiger partial charge is 0.494 e. The summed E-state index contributed by atoms with van der Waals surface area (Å²) < 4.78 is 44.4. The highest BCUT2D eigenvalue weighted by molar-refractivity contribution is 5.77. The molecular formula is C29H32F3N3O4. The van der Waals surface area contributed by atoms with Crippen molar-refractivity contribution in [2.75, 3.05) is 18.5 Å². The average molecular weight is 544 g/mol. The van der Waals surface area contributed by atoms with Crippen LogP contribution in [0.5, 0.6) is 5.75 Å². The quantitative estimate of drug-likeness (QED) is 0.346. The zero-order valence-electron chi connectivity index (χ0n) is 21.9. The molecule has 1 aliphatic rings. The predicted molar refractivity (Wildman–Crippen MR) is 141 cm³/mol. The second-order valence-electron chi connectivity index (χ2n) is 9.24. The van der Waals surface area contributed by atoms with Crippen molar-refractivity contribution in [3.63, 3.8) is 0 Å². The lowest BCUT2D eigenvalue weighted by Gasteiger charge is -2.22. The number of aromatic nitrogens is 1. The Balaban J connectivity index is 0.000000983. The molecule has 0 bridgehead atoms. The standard InChI is InChI=1S/C27H28F3N3O2.C2H4O2/c1-19-11-13-32-25(15-19)31-12-2-14-35-24-9-5-21-6-10-26(34)33(18-22(21)16-24)17-20-3-7-23(8-4-20)27(28,29)30;1-2(3)4/h3-5,7-9,11,13,15-16H,2,6,10,12,14,17-18H2,1H3,(H,31,32);1H3,(H,3,4). The van der Waals surface area contributed by atoms with Gasteiger partial charge in [-0.2, -0.15) is 13.2 Å². The molecule has 0 radical (unpaired) electrons. The van der Waals surface area contributed by atoms with Crippen LogP contribution >= 0.6 is 0 Å². The van der Waals surface area contributed by atoms with Gasteiger partial charge >= 0.3 is 6.18 Å². The number of aliphatic carboxylic acids is 1. The van der Waals surface area contributed by atoms with Crippen molar-refractivity contribution in [1.29, 1.82) is 0 Å². The van der Waals surface area contributed by atoms with E-state index in [9.17, 15) is 18.0 Å². The van der Waals surface area contributed by atoms with E-state index in [1.165, 1.54) is 12.1 Å². The third-order valence-electron chi connectivity index (χ3n) is 5.97. The van der Waals surface area contributed by atoms with Crippen molar-refractivity contribution in [1.82, 2.24) is 9.88 Å². The summed E-state index contributed by atoms with van der Waals surface area (Å²) in [6.45, 7) is 5.03. The van der Waals surface area contributed by atoms with Gasteiger partial charge in [0.2, 0.25) is 5.91 Å². The highest BCUT2D eigenvalue weighted by atomic mass is 19.4. The smallest absolute Gasteiger partial charge is 0.416 e. The number of ether oxygens (including phenoxy) is 1. The van der Waals surface area contributed by atoms with Crippen molar-refractivity contribution in [3.05, 3.63) is 88.6 Å². The number of pyridine rings is 1. The van der Waals surface area contributed by atoms with Crippen LogP contribution in [0.3, 0.4) is 0 Å². The number of fused-ring (bicyclic) bond motifs is 1. The highest BCUT2D eigenvalue weighted by Crippen LogP contribution is 2.30. The van der Waals surface area contributed by atoms with Gasteiger partial charge in [0.25, 0.3) is 5.97 Å². The summed E-state index contributed by atoms with van der Waals surface area (Å²) in [5.74, 6) is 0.730. The zero-order chi connectivity index (χ0) is 28.4. The predicted octanol–water partition coefficient (Wildman–Crippen LogP) is 5.86. The van der Waals surface area contributed by atoms with E-state index in [1.54, 1.807) is 11.1 Å². The molecule has 0 unspecified atom stereocenters. The first-order valence-electron chi connectivity index (χ1n) is 12.6. The van der Waals surface area contributed by atoms with Crippen LogP contribution < -0.4 is 10.1 Å². The SMILES string of the molecule is CC(=O)O.Cc1ccnc(NCCCOc2ccc3c(c2)CN(Cc2ccc(C(F)(F)F)cc2)C(=O)CC3)c1. The minimum absolute atomic E-state index is 0.0144. The van der Waals surface area contributed by atoms with Crippen molar-refractivity contribution in [2.24, 2.45) is 0 Å². The molecule has 0 aliphatic carbocycles. The zero-order valence-corrected chi connectivity index (χ0v) is 21.9. The number of carbonyl (C=O) groups is 2. The minimum atomic E-state index is -4.38. The number of alkyl halides is 3. The van der Waals surface area contributed by atoms with E-state index < -0.39 is 17.7 Å². The summed E-state index contributed by atoms with van der Waals surface area (Å²) in [6.07, 6.45) is -0.807. The molecule has 2 heterocycles. The lowest BCUT2D eigenvalue weighted by Crippen LogP contribution is -2.28. The number of anilines is 1. The van der Waals surface area contributed by atoms with Gasteiger partial charge in [0.05, 0.1) is 12.2 Å². The maximum absolute atomic E-state index is 12.8. The van der Waals surface area contributed by atoms with E-state index in [0.29, 0.717) is 31.6 Å². The van der Waals surface area contributed by atoms with Crippen molar-refractivity contribution in [3.8, 4) is 5.75 Å². The Bertz CT molecular complexity index is 1260. The molecule has 4 rings (SSSR count). The molecule has 3 aromatic rings. The fraction of sp³-hybridized carbons (Fsp3) is 0.345. The van der Waals surface area contributed by atoms with Crippen LogP contribution in [-0.2, 0) is 35.3 Å². The first-order chi connectivity index (χ1) is 18.5. The molecule has 1 aliphatic heterocycles. The maximum Gasteiger partial charge on any atom is 0.416 e. The maximum atomic E-state index is 12.8.